The Bertz CT molecular complexity index is 686. The molecular weight excluding hydrogens is 224 g/mol. The quantitative estimate of drug-likeness (QED) is 0.744. The van der Waals surface area contributed by atoms with Gasteiger partial charge >= 0.3 is 0 Å². The number of rotatable bonds is 2. The van der Waals surface area contributed by atoms with Gasteiger partial charge in [0.1, 0.15) is 0 Å². The molecule has 18 heavy (non-hydrogen) atoms. The molecule has 4 nitrogen and oxygen atoms in total. The number of benzene rings is 1. The summed E-state index contributed by atoms with van der Waals surface area (Å²) in [4.78, 5) is 4.42. The maximum absolute atomic E-state index is 5.84. The van der Waals surface area contributed by atoms with Gasteiger partial charge in [0.25, 0.3) is 0 Å². The van der Waals surface area contributed by atoms with Crippen LogP contribution in [-0.2, 0) is 6.54 Å². The molecule has 3 aromatic rings. The van der Waals surface area contributed by atoms with Crippen LogP contribution in [0, 0.1) is 6.92 Å². The van der Waals surface area contributed by atoms with Crippen LogP contribution in [0.2, 0.25) is 0 Å². The van der Waals surface area contributed by atoms with Gasteiger partial charge in [0, 0.05) is 30.1 Å². The highest BCUT2D eigenvalue weighted by atomic mass is 15.3. The van der Waals surface area contributed by atoms with E-state index in [-0.39, 0.29) is 0 Å². The monoisotopic (exact) mass is 238 g/mol. The first-order chi connectivity index (χ1) is 8.79. The van der Waals surface area contributed by atoms with Gasteiger partial charge in [-0.3, -0.25) is 0 Å². The molecule has 1 aromatic carbocycles. The van der Waals surface area contributed by atoms with E-state index in [1.807, 2.05) is 49.6 Å². The minimum atomic E-state index is 0.434. The number of fused-ring (bicyclic) bond motifs is 1. The molecule has 4 heteroatoms. The van der Waals surface area contributed by atoms with Crippen molar-refractivity contribution in [3.8, 4) is 11.3 Å². The lowest BCUT2D eigenvalue weighted by molar-refractivity contribution is 0.931. The summed E-state index contributed by atoms with van der Waals surface area (Å²) in [6, 6.07) is 10.1. The molecule has 0 bridgehead atoms. The zero-order valence-corrected chi connectivity index (χ0v) is 10.2. The molecule has 0 amide bonds. The molecule has 0 aliphatic rings. The van der Waals surface area contributed by atoms with Gasteiger partial charge in [-0.1, -0.05) is 30.3 Å². The number of nitrogens with zero attached hydrogens (tertiary/aromatic N) is 3. The van der Waals surface area contributed by atoms with Crippen molar-refractivity contribution in [2.24, 2.45) is 5.73 Å². The Morgan fingerprint density at radius 2 is 2.00 bits per heavy atom. The van der Waals surface area contributed by atoms with Crippen LogP contribution in [0.3, 0.4) is 0 Å². The maximum atomic E-state index is 5.84. The molecule has 2 N–H and O–H groups in total. The first-order valence-electron chi connectivity index (χ1n) is 5.89. The number of hydrogen-bond acceptors (Lipinski definition) is 3. The molecule has 0 saturated heterocycles. The average molecular weight is 238 g/mol. The van der Waals surface area contributed by atoms with Crippen LogP contribution in [0.25, 0.3) is 16.9 Å². The Balaban J connectivity index is 2.29. The van der Waals surface area contributed by atoms with Crippen molar-refractivity contribution in [3.63, 3.8) is 0 Å². The summed E-state index contributed by atoms with van der Waals surface area (Å²) in [5.41, 5.74) is 10.7. The Morgan fingerprint density at radius 3 is 2.72 bits per heavy atom. The highest BCUT2D eigenvalue weighted by Gasteiger charge is 2.13. The van der Waals surface area contributed by atoms with Crippen molar-refractivity contribution in [2.75, 3.05) is 0 Å². The summed E-state index contributed by atoms with van der Waals surface area (Å²) >= 11 is 0. The zero-order chi connectivity index (χ0) is 12.5. The maximum Gasteiger partial charge on any atom is 0.160 e. The fourth-order valence-corrected chi connectivity index (χ4v) is 2.09. The molecule has 2 aromatic heterocycles. The first kappa shape index (κ1) is 10.9. The second kappa shape index (κ2) is 4.23. The second-order valence-corrected chi connectivity index (χ2v) is 4.30. The van der Waals surface area contributed by atoms with E-state index in [1.165, 1.54) is 0 Å². The number of aryl methyl sites for hydroxylation is 1. The van der Waals surface area contributed by atoms with E-state index in [9.17, 15) is 0 Å². The summed E-state index contributed by atoms with van der Waals surface area (Å²) in [5, 5.41) is 4.59. The average Bonchev–Trinajstić information content (AvgIpc) is 2.77. The summed E-state index contributed by atoms with van der Waals surface area (Å²) in [6.07, 6.45) is 3.80. The molecule has 0 radical (unpaired) electrons. The van der Waals surface area contributed by atoms with Gasteiger partial charge in [-0.2, -0.15) is 5.10 Å². The third-order valence-electron chi connectivity index (χ3n) is 2.95. The molecule has 90 valence electrons. The molecule has 2 heterocycles. The third-order valence-corrected chi connectivity index (χ3v) is 2.95. The van der Waals surface area contributed by atoms with E-state index < -0.39 is 0 Å². The molecule has 0 atom stereocenters. The van der Waals surface area contributed by atoms with E-state index >= 15 is 0 Å². The van der Waals surface area contributed by atoms with E-state index in [2.05, 4.69) is 10.1 Å². The van der Waals surface area contributed by atoms with Crippen LogP contribution >= 0.6 is 0 Å². The lowest BCUT2D eigenvalue weighted by atomic mass is 10.1. The summed E-state index contributed by atoms with van der Waals surface area (Å²) in [5.74, 6) is 0. The van der Waals surface area contributed by atoms with Crippen molar-refractivity contribution in [3.05, 3.63) is 53.9 Å². The topological polar surface area (TPSA) is 56.2 Å². The molecule has 0 aliphatic heterocycles. The predicted molar refractivity (Wildman–Crippen MR) is 71.1 cm³/mol. The molecule has 3 rings (SSSR count). The van der Waals surface area contributed by atoms with E-state index in [0.717, 1.165) is 28.0 Å². The van der Waals surface area contributed by atoms with Gasteiger partial charge in [0.2, 0.25) is 0 Å². The highest BCUT2D eigenvalue weighted by molar-refractivity contribution is 5.70. The smallest absolute Gasteiger partial charge is 0.160 e. The number of aromatic nitrogens is 3. The van der Waals surface area contributed by atoms with E-state index in [1.54, 1.807) is 4.52 Å². The molecule has 0 aliphatic carbocycles. The van der Waals surface area contributed by atoms with Gasteiger partial charge in [-0.15, -0.1) is 0 Å². The predicted octanol–water partition coefficient (Wildman–Crippen LogP) is 2.16. The summed E-state index contributed by atoms with van der Waals surface area (Å²) in [7, 11) is 0. The summed E-state index contributed by atoms with van der Waals surface area (Å²) in [6.45, 7) is 2.43. The molecule has 0 spiro atoms. The summed E-state index contributed by atoms with van der Waals surface area (Å²) < 4.78 is 1.81. The minimum absolute atomic E-state index is 0.434. The van der Waals surface area contributed by atoms with Gasteiger partial charge in [0.05, 0.1) is 5.69 Å². The van der Waals surface area contributed by atoms with Crippen LogP contribution in [0.15, 0.2) is 42.7 Å². The Kier molecular flexibility index (Phi) is 2.57. The molecular formula is C14H14N4. The molecule has 0 saturated carbocycles. The number of nitrogens with two attached hydrogens (primary N) is 1. The standard InChI is InChI=1S/C14H14N4/c1-10-8-16-14-12(7-15)13(17-18(14)9-10)11-5-3-2-4-6-11/h2-6,8-9H,7,15H2,1H3. The van der Waals surface area contributed by atoms with Crippen molar-refractivity contribution in [1.29, 1.82) is 0 Å². The Morgan fingerprint density at radius 1 is 1.22 bits per heavy atom. The minimum Gasteiger partial charge on any atom is -0.326 e. The van der Waals surface area contributed by atoms with Crippen LogP contribution in [-0.4, -0.2) is 14.6 Å². The zero-order valence-electron chi connectivity index (χ0n) is 10.2. The normalized spacial score (nSPS) is 11.0. The lowest BCUT2D eigenvalue weighted by Crippen LogP contribution is -1.98. The van der Waals surface area contributed by atoms with Crippen molar-refractivity contribution >= 4 is 5.65 Å². The fraction of sp³-hybridized carbons (Fsp3) is 0.143. The SMILES string of the molecule is Cc1cnc2c(CN)c(-c3ccccc3)nn2c1. The van der Waals surface area contributed by atoms with E-state index in [0.29, 0.717) is 6.54 Å². The van der Waals surface area contributed by atoms with Crippen LogP contribution in [0.1, 0.15) is 11.1 Å². The highest BCUT2D eigenvalue weighted by Crippen LogP contribution is 2.24. The van der Waals surface area contributed by atoms with Gasteiger partial charge in [0.15, 0.2) is 5.65 Å². The van der Waals surface area contributed by atoms with E-state index in [4.69, 9.17) is 5.73 Å². The third kappa shape index (κ3) is 1.67. The van der Waals surface area contributed by atoms with Gasteiger partial charge in [-0.25, -0.2) is 9.50 Å². The number of hydrogen-bond donors (Lipinski definition) is 1. The van der Waals surface area contributed by atoms with Crippen molar-refractivity contribution in [1.82, 2.24) is 14.6 Å². The Labute approximate surface area is 105 Å². The van der Waals surface area contributed by atoms with Crippen molar-refractivity contribution < 1.29 is 0 Å². The van der Waals surface area contributed by atoms with Gasteiger partial charge < -0.3 is 5.73 Å². The lowest BCUT2D eigenvalue weighted by Gasteiger charge is -1.98. The fourth-order valence-electron chi connectivity index (χ4n) is 2.09. The first-order valence-corrected chi connectivity index (χ1v) is 5.89. The Hall–Kier alpha value is -2.20. The van der Waals surface area contributed by atoms with Crippen LogP contribution in [0.4, 0.5) is 0 Å². The van der Waals surface area contributed by atoms with Crippen molar-refractivity contribution in [2.45, 2.75) is 13.5 Å². The molecule has 0 fully saturated rings. The van der Waals surface area contributed by atoms with Crippen LogP contribution < -0.4 is 5.73 Å². The second-order valence-electron chi connectivity index (χ2n) is 4.30. The van der Waals surface area contributed by atoms with Crippen LogP contribution in [0.5, 0.6) is 0 Å². The largest absolute Gasteiger partial charge is 0.326 e. The molecule has 0 unspecified atom stereocenters. The van der Waals surface area contributed by atoms with Gasteiger partial charge in [-0.05, 0) is 12.5 Å².